The summed E-state index contributed by atoms with van der Waals surface area (Å²) in [6, 6.07) is 9.28. The van der Waals surface area contributed by atoms with E-state index in [2.05, 4.69) is 21.6 Å². The Hall–Kier alpha value is -2.19. The predicted molar refractivity (Wildman–Crippen MR) is 69.2 cm³/mol. The van der Waals surface area contributed by atoms with Gasteiger partial charge in [0.1, 0.15) is 0 Å². The van der Waals surface area contributed by atoms with Crippen molar-refractivity contribution in [3.8, 4) is 6.07 Å². The molecule has 84 valence electrons. The number of aryl methyl sites for hydroxylation is 1. The van der Waals surface area contributed by atoms with Gasteiger partial charge in [-0.15, -0.1) is 11.3 Å². The van der Waals surface area contributed by atoms with Gasteiger partial charge < -0.3 is 0 Å². The SMILES string of the molecule is Cc1csc(N/N=C\c2ccc(C#N)cc2)n1. The van der Waals surface area contributed by atoms with Gasteiger partial charge in [0.2, 0.25) is 5.13 Å². The Bertz CT molecular complexity index is 563. The molecule has 0 spiro atoms. The third-order valence-electron chi connectivity index (χ3n) is 2.03. The second kappa shape index (κ2) is 5.23. The van der Waals surface area contributed by atoms with E-state index >= 15 is 0 Å². The highest BCUT2D eigenvalue weighted by Crippen LogP contribution is 2.13. The Morgan fingerprint density at radius 1 is 1.41 bits per heavy atom. The van der Waals surface area contributed by atoms with Gasteiger partial charge in [-0.3, -0.25) is 5.43 Å². The molecule has 0 fully saturated rings. The summed E-state index contributed by atoms with van der Waals surface area (Å²) in [5.74, 6) is 0. The summed E-state index contributed by atoms with van der Waals surface area (Å²) in [4.78, 5) is 4.22. The molecule has 0 saturated heterocycles. The van der Waals surface area contributed by atoms with Gasteiger partial charge in [0.15, 0.2) is 0 Å². The van der Waals surface area contributed by atoms with Crippen molar-refractivity contribution in [1.29, 1.82) is 5.26 Å². The maximum absolute atomic E-state index is 8.65. The van der Waals surface area contributed by atoms with Crippen molar-refractivity contribution in [3.05, 3.63) is 46.5 Å². The number of benzene rings is 1. The summed E-state index contributed by atoms with van der Waals surface area (Å²) in [6.07, 6.45) is 1.69. The van der Waals surface area contributed by atoms with Gasteiger partial charge in [0.05, 0.1) is 23.5 Å². The topological polar surface area (TPSA) is 61.1 Å². The van der Waals surface area contributed by atoms with Crippen LogP contribution in [0.1, 0.15) is 16.8 Å². The van der Waals surface area contributed by atoms with E-state index in [0.29, 0.717) is 5.56 Å². The molecule has 0 radical (unpaired) electrons. The Kier molecular flexibility index (Phi) is 3.48. The molecule has 0 saturated carbocycles. The third-order valence-corrected chi connectivity index (χ3v) is 2.90. The Balaban J connectivity index is 1.98. The van der Waals surface area contributed by atoms with Crippen LogP contribution in [0.4, 0.5) is 5.13 Å². The average molecular weight is 242 g/mol. The fourth-order valence-electron chi connectivity index (χ4n) is 1.21. The van der Waals surface area contributed by atoms with Gasteiger partial charge in [-0.2, -0.15) is 10.4 Å². The lowest BCUT2D eigenvalue weighted by Gasteiger charge is -1.94. The molecule has 17 heavy (non-hydrogen) atoms. The summed E-state index contributed by atoms with van der Waals surface area (Å²) in [7, 11) is 0. The second-order valence-electron chi connectivity index (χ2n) is 3.40. The highest BCUT2D eigenvalue weighted by Gasteiger charge is 1.94. The van der Waals surface area contributed by atoms with E-state index in [-0.39, 0.29) is 0 Å². The molecule has 2 rings (SSSR count). The smallest absolute Gasteiger partial charge is 0.203 e. The molecule has 1 heterocycles. The van der Waals surface area contributed by atoms with E-state index in [9.17, 15) is 0 Å². The lowest BCUT2D eigenvalue weighted by Crippen LogP contribution is -1.90. The number of nitrogens with one attached hydrogen (secondary N) is 1. The first-order chi connectivity index (χ1) is 8.28. The van der Waals surface area contributed by atoms with E-state index in [0.717, 1.165) is 16.4 Å². The molecule has 0 bridgehead atoms. The lowest BCUT2D eigenvalue weighted by molar-refractivity contribution is 1.22. The van der Waals surface area contributed by atoms with Crippen LogP contribution in [-0.2, 0) is 0 Å². The molecule has 1 aromatic carbocycles. The van der Waals surface area contributed by atoms with Crippen LogP contribution >= 0.6 is 11.3 Å². The number of thiazole rings is 1. The van der Waals surface area contributed by atoms with Crippen LogP contribution in [0.25, 0.3) is 0 Å². The highest BCUT2D eigenvalue weighted by molar-refractivity contribution is 7.13. The predicted octanol–water partition coefficient (Wildman–Crippen LogP) is 2.77. The monoisotopic (exact) mass is 242 g/mol. The Labute approximate surface area is 103 Å². The van der Waals surface area contributed by atoms with Crippen molar-refractivity contribution in [1.82, 2.24) is 4.98 Å². The van der Waals surface area contributed by atoms with Gasteiger partial charge in [-0.05, 0) is 24.6 Å². The summed E-state index contributed by atoms with van der Waals surface area (Å²) in [5.41, 5.74) is 5.41. The van der Waals surface area contributed by atoms with Crippen LogP contribution in [0.2, 0.25) is 0 Å². The zero-order valence-corrected chi connectivity index (χ0v) is 10.0. The fraction of sp³-hybridized carbons (Fsp3) is 0.0833. The second-order valence-corrected chi connectivity index (χ2v) is 4.26. The third kappa shape index (κ3) is 3.13. The zero-order chi connectivity index (χ0) is 12.1. The normalized spacial score (nSPS) is 10.4. The van der Waals surface area contributed by atoms with Crippen molar-refractivity contribution < 1.29 is 0 Å². The summed E-state index contributed by atoms with van der Waals surface area (Å²) >= 11 is 1.51. The van der Waals surface area contributed by atoms with Crippen LogP contribution in [-0.4, -0.2) is 11.2 Å². The van der Waals surface area contributed by atoms with Crippen LogP contribution in [0.3, 0.4) is 0 Å². The first kappa shape index (κ1) is 11.3. The van der Waals surface area contributed by atoms with Gasteiger partial charge in [-0.25, -0.2) is 4.98 Å². The van der Waals surface area contributed by atoms with Crippen molar-refractivity contribution in [2.75, 3.05) is 5.43 Å². The van der Waals surface area contributed by atoms with Gasteiger partial charge in [0, 0.05) is 5.38 Å². The van der Waals surface area contributed by atoms with Crippen LogP contribution in [0, 0.1) is 18.3 Å². The Morgan fingerprint density at radius 2 is 2.18 bits per heavy atom. The molecule has 0 amide bonds. The Morgan fingerprint density at radius 3 is 2.76 bits per heavy atom. The first-order valence-corrected chi connectivity index (χ1v) is 5.87. The molecule has 0 aliphatic heterocycles. The number of hydrogen-bond donors (Lipinski definition) is 1. The minimum atomic E-state index is 0.644. The number of nitrogens with zero attached hydrogens (tertiary/aromatic N) is 3. The number of anilines is 1. The number of rotatable bonds is 3. The fourth-order valence-corrected chi connectivity index (χ4v) is 1.85. The highest BCUT2D eigenvalue weighted by atomic mass is 32.1. The molecule has 2 aromatic rings. The first-order valence-electron chi connectivity index (χ1n) is 4.99. The molecule has 0 aliphatic carbocycles. The van der Waals surface area contributed by atoms with Crippen LogP contribution in [0.5, 0.6) is 0 Å². The number of aromatic nitrogens is 1. The van der Waals surface area contributed by atoms with E-state index < -0.39 is 0 Å². The zero-order valence-electron chi connectivity index (χ0n) is 9.21. The summed E-state index contributed by atoms with van der Waals surface area (Å²) in [6.45, 7) is 1.94. The van der Waals surface area contributed by atoms with Crippen LogP contribution in [0.15, 0.2) is 34.7 Å². The molecule has 4 nitrogen and oxygen atoms in total. The molecular weight excluding hydrogens is 232 g/mol. The quantitative estimate of drug-likeness (QED) is 0.665. The van der Waals surface area contributed by atoms with Crippen molar-refractivity contribution >= 4 is 22.7 Å². The van der Waals surface area contributed by atoms with Crippen molar-refractivity contribution in [2.24, 2.45) is 5.10 Å². The van der Waals surface area contributed by atoms with E-state index in [1.54, 1.807) is 18.3 Å². The van der Waals surface area contributed by atoms with Gasteiger partial charge >= 0.3 is 0 Å². The van der Waals surface area contributed by atoms with Crippen molar-refractivity contribution in [2.45, 2.75) is 6.92 Å². The largest absolute Gasteiger partial charge is 0.253 e. The summed E-state index contributed by atoms with van der Waals surface area (Å²) in [5, 5.41) is 15.5. The lowest BCUT2D eigenvalue weighted by atomic mass is 10.2. The standard InChI is InChI=1S/C12H10N4S/c1-9-8-17-12(15-9)16-14-7-11-4-2-10(6-13)3-5-11/h2-5,7-8H,1H3,(H,15,16)/b14-7-. The van der Waals surface area contributed by atoms with Crippen LogP contribution < -0.4 is 5.43 Å². The number of hydrogen-bond acceptors (Lipinski definition) is 5. The van der Waals surface area contributed by atoms with Crippen molar-refractivity contribution in [3.63, 3.8) is 0 Å². The number of nitriles is 1. The van der Waals surface area contributed by atoms with E-state index in [1.165, 1.54) is 11.3 Å². The minimum Gasteiger partial charge on any atom is -0.253 e. The average Bonchev–Trinajstić information content (AvgIpc) is 2.76. The molecule has 1 aromatic heterocycles. The van der Waals surface area contributed by atoms with E-state index in [4.69, 9.17) is 5.26 Å². The van der Waals surface area contributed by atoms with Gasteiger partial charge in [0.25, 0.3) is 0 Å². The molecule has 0 unspecified atom stereocenters. The summed E-state index contributed by atoms with van der Waals surface area (Å²) < 4.78 is 0. The number of hydrazone groups is 1. The molecule has 0 atom stereocenters. The minimum absolute atomic E-state index is 0.644. The van der Waals surface area contributed by atoms with E-state index in [1.807, 2.05) is 24.4 Å². The van der Waals surface area contributed by atoms with Gasteiger partial charge in [-0.1, -0.05) is 12.1 Å². The molecule has 0 aliphatic rings. The molecule has 1 N–H and O–H groups in total. The maximum atomic E-state index is 8.65. The molecule has 5 heteroatoms. The maximum Gasteiger partial charge on any atom is 0.203 e. The molecular formula is C12H10N4S.